The molecule has 1 amide bonds. The maximum Gasteiger partial charge on any atom is 0.222 e. The standard InChI is InChI=1S/C13H27N3O2/c1-14(2)8-5-6-12(17)16-9-7-13(18,11-16)10-15(3)4/h18H,5-11H2,1-4H3. The SMILES string of the molecule is CN(C)CCCC(=O)N1CCC(O)(CN(C)C)C1. The van der Waals surface area contributed by atoms with Crippen LogP contribution in [0.2, 0.25) is 0 Å². The highest BCUT2D eigenvalue weighted by molar-refractivity contribution is 5.76. The third kappa shape index (κ3) is 4.92. The lowest BCUT2D eigenvalue weighted by Gasteiger charge is -2.26. The molecule has 1 rings (SSSR count). The number of carbonyl (C=O) groups is 1. The van der Waals surface area contributed by atoms with Gasteiger partial charge in [0.2, 0.25) is 5.91 Å². The van der Waals surface area contributed by atoms with Gasteiger partial charge in [-0.05, 0) is 47.6 Å². The smallest absolute Gasteiger partial charge is 0.222 e. The van der Waals surface area contributed by atoms with Gasteiger partial charge in [0.25, 0.3) is 0 Å². The van der Waals surface area contributed by atoms with E-state index in [1.165, 1.54) is 0 Å². The number of amides is 1. The first-order valence-corrected chi connectivity index (χ1v) is 6.62. The van der Waals surface area contributed by atoms with Gasteiger partial charge >= 0.3 is 0 Å². The van der Waals surface area contributed by atoms with Crippen LogP contribution < -0.4 is 0 Å². The van der Waals surface area contributed by atoms with Crippen molar-refractivity contribution in [2.45, 2.75) is 24.9 Å². The summed E-state index contributed by atoms with van der Waals surface area (Å²) in [5.74, 6) is 0.173. The van der Waals surface area contributed by atoms with Gasteiger partial charge < -0.3 is 19.8 Å². The summed E-state index contributed by atoms with van der Waals surface area (Å²) in [6.45, 7) is 2.72. The number of hydrogen-bond donors (Lipinski definition) is 1. The Morgan fingerprint density at radius 3 is 2.50 bits per heavy atom. The molecule has 106 valence electrons. The lowest BCUT2D eigenvalue weighted by atomic mass is 10.0. The van der Waals surface area contributed by atoms with E-state index >= 15 is 0 Å². The quantitative estimate of drug-likeness (QED) is 0.719. The minimum absolute atomic E-state index is 0.173. The minimum Gasteiger partial charge on any atom is -0.387 e. The molecule has 5 heteroatoms. The Kier molecular flexibility index (Phi) is 5.56. The summed E-state index contributed by atoms with van der Waals surface area (Å²) in [5.41, 5.74) is -0.722. The van der Waals surface area contributed by atoms with Gasteiger partial charge in [0, 0.05) is 19.5 Å². The van der Waals surface area contributed by atoms with Crippen LogP contribution in [0.25, 0.3) is 0 Å². The first-order chi connectivity index (χ1) is 8.32. The number of likely N-dealkylation sites (N-methyl/N-ethyl adjacent to an activating group) is 1. The predicted octanol–water partition coefficient (Wildman–Crippen LogP) is -0.147. The zero-order valence-corrected chi connectivity index (χ0v) is 12.1. The van der Waals surface area contributed by atoms with Crippen LogP contribution in [0, 0.1) is 0 Å². The highest BCUT2D eigenvalue weighted by atomic mass is 16.3. The molecular weight excluding hydrogens is 230 g/mol. The predicted molar refractivity (Wildman–Crippen MR) is 72.5 cm³/mol. The number of carbonyl (C=O) groups excluding carboxylic acids is 1. The Labute approximate surface area is 110 Å². The Morgan fingerprint density at radius 1 is 1.28 bits per heavy atom. The molecule has 1 heterocycles. The molecule has 0 bridgehead atoms. The van der Waals surface area contributed by atoms with E-state index in [0.29, 0.717) is 32.5 Å². The molecule has 1 fully saturated rings. The fourth-order valence-electron chi connectivity index (χ4n) is 2.49. The highest BCUT2D eigenvalue weighted by Gasteiger charge is 2.38. The van der Waals surface area contributed by atoms with Gasteiger partial charge in [0.15, 0.2) is 0 Å². The topological polar surface area (TPSA) is 47.0 Å². The van der Waals surface area contributed by atoms with E-state index < -0.39 is 5.60 Å². The normalized spacial score (nSPS) is 24.3. The maximum atomic E-state index is 12.0. The van der Waals surface area contributed by atoms with Crippen LogP contribution >= 0.6 is 0 Å². The van der Waals surface area contributed by atoms with Crippen molar-refractivity contribution in [3.8, 4) is 0 Å². The fraction of sp³-hybridized carbons (Fsp3) is 0.923. The summed E-state index contributed by atoms with van der Waals surface area (Å²) in [4.78, 5) is 17.8. The highest BCUT2D eigenvalue weighted by Crippen LogP contribution is 2.22. The lowest BCUT2D eigenvalue weighted by molar-refractivity contribution is -0.131. The number of aliphatic hydroxyl groups is 1. The van der Waals surface area contributed by atoms with E-state index in [1.54, 1.807) is 4.90 Å². The molecule has 1 saturated heterocycles. The van der Waals surface area contributed by atoms with Crippen molar-refractivity contribution in [1.82, 2.24) is 14.7 Å². The van der Waals surface area contributed by atoms with E-state index in [1.807, 2.05) is 33.1 Å². The number of likely N-dealkylation sites (tertiary alicyclic amines) is 1. The molecule has 0 saturated carbocycles. The van der Waals surface area contributed by atoms with Gasteiger partial charge in [-0.25, -0.2) is 0 Å². The van der Waals surface area contributed by atoms with E-state index in [2.05, 4.69) is 4.90 Å². The third-order valence-corrected chi connectivity index (χ3v) is 3.29. The van der Waals surface area contributed by atoms with Crippen molar-refractivity contribution in [2.75, 3.05) is 54.4 Å². The van der Waals surface area contributed by atoms with Crippen molar-refractivity contribution in [3.63, 3.8) is 0 Å². The van der Waals surface area contributed by atoms with Crippen LogP contribution in [-0.4, -0.2) is 85.7 Å². The first kappa shape index (κ1) is 15.4. The average Bonchev–Trinajstić information content (AvgIpc) is 2.58. The van der Waals surface area contributed by atoms with Crippen molar-refractivity contribution in [2.24, 2.45) is 0 Å². The van der Waals surface area contributed by atoms with E-state index in [4.69, 9.17) is 0 Å². The van der Waals surface area contributed by atoms with Gasteiger partial charge in [-0.1, -0.05) is 0 Å². The van der Waals surface area contributed by atoms with Gasteiger partial charge in [0.05, 0.1) is 12.1 Å². The van der Waals surface area contributed by atoms with Gasteiger partial charge in [-0.15, -0.1) is 0 Å². The van der Waals surface area contributed by atoms with E-state index in [-0.39, 0.29) is 5.91 Å². The second-order valence-electron chi connectivity index (χ2n) is 5.93. The molecule has 1 N–H and O–H groups in total. The largest absolute Gasteiger partial charge is 0.387 e. The van der Waals surface area contributed by atoms with Crippen LogP contribution in [-0.2, 0) is 4.79 Å². The fourth-order valence-corrected chi connectivity index (χ4v) is 2.49. The molecule has 1 aliphatic heterocycles. The van der Waals surface area contributed by atoms with Crippen molar-refractivity contribution in [1.29, 1.82) is 0 Å². The summed E-state index contributed by atoms with van der Waals surface area (Å²) in [6, 6.07) is 0. The molecule has 0 spiro atoms. The Hall–Kier alpha value is -0.650. The molecule has 0 radical (unpaired) electrons. The molecule has 1 atom stereocenters. The molecule has 0 aromatic heterocycles. The lowest BCUT2D eigenvalue weighted by Crippen LogP contribution is -2.43. The summed E-state index contributed by atoms with van der Waals surface area (Å²) in [7, 11) is 7.91. The summed E-state index contributed by atoms with van der Waals surface area (Å²) < 4.78 is 0. The summed E-state index contributed by atoms with van der Waals surface area (Å²) >= 11 is 0. The van der Waals surface area contributed by atoms with Crippen LogP contribution in [0.5, 0.6) is 0 Å². The Morgan fingerprint density at radius 2 is 1.94 bits per heavy atom. The van der Waals surface area contributed by atoms with Gasteiger partial charge in [0.1, 0.15) is 0 Å². The second-order valence-corrected chi connectivity index (χ2v) is 5.93. The monoisotopic (exact) mass is 257 g/mol. The van der Waals surface area contributed by atoms with Crippen LogP contribution in [0.1, 0.15) is 19.3 Å². The molecule has 5 nitrogen and oxygen atoms in total. The molecule has 1 unspecified atom stereocenters. The third-order valence-electron chi connectivity index (χ3n) is 3.29. The zero-order valence-electron chi connectivity index (χ0n) is 12.1. The summed E-state index contributed by atoms with van der Waals surface area (Å²) in [5, 5.41) is 10.4. The van der Waals surface area contributed by atoms with Crippen molar-refractivity contribution >= 4 is 5.91 Å². The second kappa shape index (κ2) is 6.50. The molecule has 1 aliphatic rings. The first-order valence-electron chi connectivity index (χ1n) is 6.62. The minimum atomic E-state index is -0.722. The van der Waals surface area contributed by atoms with Crippen molar-refractivity contribution < 1.29 is 9.90 Å². The van der Waals surface area contributed by atoms with E-state index in [9.17, 15) is 9.90 Å². The Balaban J connectivity index is 2.34. The zero-order chi connectivity index (χ0) is 13.8. The molecule has 18 heavy (non-hydrogen) atoms. The number of β-amino-alcohol motifs (C(OH)–C–C–N with tert-alkyl or cyclic N) is 1. The number of nitrogens with zero attached hydrogens (tertiary/aromatic N) is 3. The van der Waals surface area contributed by atoms with Crippen LogP contribution in [0.4, 0.5) is 0 Å². The molecule has 0 aromatic carbocycles. The number of rotatable bonds is 6. The van der Waals surface area contributed by atoms with Gasteiger partial charge in [-0.3, -0.25) is 4.79 Å². The maximum absolute atomic E-state index is 12.0. The molecular formula is C13H27N3O2. The van der Waals surface area contributed by atoms with E-state index in [0.717, 1.165) is 13.0 Å². The number of hydrogen-bond acceptors (Lipinski definition) is 4. The Bertz CT molecular complexity index is 281. The van der Waals surface area contributed by atoms with Gasteiger partial charge in [-0.2, -0.15) is 0 Å². The molecule has 0 aliphatic carbocycles. The average molecular weight is 257 g/mol. The van der Waals surface area contributed by atoms with Crippen LogP contribution in [0.15, 0.2) is 0 Å². The van der Waals surface area contributed by atoms with Crippen molar-refractivity contribution in [3.05, 3.63) is 0 Å². The summed E-state index contributed by atoms with van der Waals surface area (Å²) in [6.07, 6.45) is 2.15. The van der Waals surface area contributed by atoms with Crippen LogP contribution in [0.3, 0.4) is 0 Å². The molecule has 0 aromatic rings.